The minimum atomic E-state index is -4.87. The molecule has 0 aromatic heterocycles. The summed E-state index contributed by atoms with van der Waals surface area (Å²) >= 11 is -0.826. The second-order valence-corrected chi connectivity index (χ2v) is 22.2. The van der Waals surface area contributed by atoms with Gasteiger partial charge in [-0.2, -0.15) is 94.3 Å². The van der Waals surface area contributed by atoms with Crippen LogP contribution < -0.4 is 10.4 Å². The van der Waals surface area contributed by atoms with Crippen molar-refractivity contribution in [3.8, 4) is 33.4 Å². The van der Waals surface area contributed by atoms with Crippen LogP contribution in [0.25, 0.3) is 54.9 Å². The molecule has 0 saturated carbocycles. The Morgan fingerprint density at radius 2 is 0.871 bits per heavy atom. The molecule has 0 atom stereocenters. The molecule has 70 heavy (non-hydrogen) atoms. The van der Waals surface area contributed by atoms with Gasteiger partial charge in [0.05, 0.1) is 31.8 Å². The molecule has 9 rings (SSSR count). The Balaban J connectivity index is 0.000000176. The van der Waals surface area contributed by atoms with Crippen molar-refractivity contribution < 1.29 is 73.5 Å². The molecule has 8 aromatic carbocycles. The Kier molecular flexibility index (Phi) is 16.9. The van der Waals surface area contributed by atoms with Gasteiger partial charge in [-0.15, -0.1) is 74.6 Å². The Morgan fingerprint density at radius 1 is 0.500 bits per heavy atom. The SMILES string of the molecule is Cc1ccc2[cH-]c(C(C)C)cc2c1-c1cc(C(F)(F)F)cc(C(F)(F)F)c1.Cc1ccc2[cH-]c(C(C)C)cc2c1-c1cc(C(F)(F)F)cc(C(F)(F)F)c1.[Cl][Zr][Cl].[c-]1cccc2c1[Si]c1ccccc1-2. The summed E-state index contributed by atoms with van der Waals surface area (Å²) in [4.78, 5) is 0. The van der Waals surface area contributed by atoms with E-state index in [1.54, 1.807) is 26.0 Å². The van der Waals surface area contributed by atoms with Gasteiger partial charge < -0.3 is 0 Å². The van der Waals surface area contributed by atoms with E-state index in [1.165, 1.54) is 21.5 Å². The van der Waals surface area contributed by atoms with E-state index in [2.05, 4.69) is 42.5 Å². The Labute approximate surface area is 418 Å². The second kappa shape index (κ2) is 21.6. The van der Waals surface area contributed by atoms with Gasteiger partial charge in [0.1, 0.15) is 0 Å². The average molecular weight is 1110 g/mol. The maximum Gasteiger partial charge on any atom is 0.0920 e. The van der Waals surface area contributed by atoms with E-state index >= 15 is 0 Å². The Morgan fingerprint density at radius 3 is 1.24 bits per heavy atom. The van der Waals surface area contributed by atoms with Crippen LogP contribution in [0.1, 0.15) is 84.0 Å². The standard InChI is InChI=1S/2C21H17F6.C12H7Si.2ClH.Zr/c2*1-11(2)14-6-13-5-4-12(3)19(18(13)9-14)15-7-16(20(22,23)24)10-17(8-15)21(25,26)27;1-3-7-11-9(5-1)10-6-2-4-8-12(10)13-11;;;/h2*4-11H,1-3H3;1-7H;2*1H;/q3*-1;;;+2/p-2. The first-order valence-electron chi connectivity index (χ1n) is 21.4. The van der Waals surface area contributed by atoms with Crippen LogP contribution in [0, 0.1) is 19.9 Å². The molecule has 366 valence electrons. The van der Waals surface area contributed by atoms with Crippen molar-refractivity contribution in [2.24, 2.45) is 0 Å². The summed E-state index contributed by atoms with van der Waals surface area (Å²) in [6.07, 6.45) is -19.5. The first kappa shape index (κ1) is 54.7. The number of hydrogen-bond donors (Lipinski definition) is 0. The van der Waals surface area contributed by atoms with Gasteiger partial charge in [0.15, 0.2) is 0 Å². The molecule has 0 spiro atoms. The molecule has 1 heterocycles. The van der Waals surface area contributed by atoms with Crippen molar-refractivity contribution in [2.45, 2.75) is 78.1 Å². The number of fused-ring (bicyclic) bond motifs is 5. The van der Waals surface area contributed by atoms with Crippen molar-refractivity contribution in [1.82, 2.24) is 0 Å². The van der Waals surface area contributed by atoms with Gasteiger partial charge in [0, 0.05) is 0 Å². The third-order valence-electron chi connectivity index (χ3n) is 11.7. The molecule has 1 aliphatic heterocycles. The van der Waals surface area contributed by atoms with Gasteiger partial charge in [-0.1, -0.05) is 85.0 Å². The first-order chi connectivity index (χ1) is 32.6. The molecular weight excluding hydrogens is 1070 g/mol. The number of rotatable bonds is 4. The molecule has 0 bridgehead atoms. The fourth-order valence-electron chi connectivity index (χ4n) is 8.19. The largest absolute Gasteiger partial charge is 0.184 e. The van der Waals surface area contributed by atoms with Crippen LogP contribution in [0.2, 0.25) is 0 Å². The van der Waals surface area contributed by atoms with Crippen LogP contribution in [-0.2, 0) is 45.6 Å². The number of aryl methyl sites for hydroxylation is 2. The average Bonchev–Trinajstić information content (AvgIpc) is 4.02. The Bertz CT molecular complexity index is 2850. The monoisotopic (exact) mass is 1110 g/mol. The van der Waals surface area contributed by atoms with E-state index in [0.717, 1.165) is 55.7 Å². The normalized spacial score (nSPS) is 12.5. The molecule has 8 aromatic rings. The van der Waals surface area contributed by atoms with Gasteiger partial charge in [0.2, 0.25) is 0 Å². The molecule has 0 aliphatic carbocycles. The van der Waals surface area contributed by atoms with E-state index in [9.17, 15) is 52.7 Å². The minimum Gasteiger partial charge on any atom is -0.184 e. The van der Waals surface area contributed by atoms with Crippen molar-refractivity contribution in [3.05, 3.63) is 178 Å². The van der Waals surface area contributed by atoms with Crippen molar-refractivity contribution >= 4 is 58.5 Å². The maximum absolute atomic E-state index is 13.2. The van der Waals surface area contributed by atoms with E-state index in [0.29, 0.717) is 33.0 Å². The van der Waals surface area contributed by atoms with Crippen molar-refractivity contribution in [2.75, 3.05) is 0 Å². The first-order valence-corrected chi connectivity index (χ1v) is 28.8. The summed E-state index contributed by atoms with van der Waals surface area (Å²) in [5, 5.41) is 5.73. The van der Waals surface area contributed by atoms with Crippen LogP contribution in [-0.4, -0.2) is 9.52 Å². The van der Waals surface area contributed by atoms with Gasteiger partial charge >= 0.3 is 62.6 Å². The number of alkyl halides is 12. The summed E-state index contributed by atoms with van der Waals surface area (Å²) in [5.74, 6) is 0.385. The fraction of sp³-hybridized carbons (Fsp3) is 0.222. The van der Waals surface area contributed by atoms with Crippen LogP contribution in [0.3, 0.4) is 0 Å². The molecular formula is C54H41Cl2F12SiZr-3. The van der Waals surface area contributed by atoms with Crippen molar-refractivity contribution in [3.63, 3.8) is 0 Å². The fourth-order valence-corrected chi connectivity index (χ4v) is 9.50. The molecule has 0 nitrogen and oxygen atoms in total. The molecule has 0 fully saturated rings. The molecule has 0 amide bonds. The summed E-state index contributed by atoms with van der Waals surface area (Å²) in [6.45, 7) is 11.3. The van der Waals surface area contributed by atoms with E-state index in [4.69, 9.17) is 17.0 Å². The predicted octanol–water partition coefficient (Wildman–Crippen LogP) is 17.9. The van der Waals surface area contributed by atoms with Gasteiger partial charge in [-0.3, -0.25) is 0 Å². The summed E-state index contributed by atoms with van der Waals surface area (Å²) in [7, 11) is 10.7. The predicted molar refractivity (Wildman–Crippen MR) is 255 cm³/mol. The van der Waals surface area contributed by atoms with Gasteiger partial charge in [0.25, 0.3) is 0 Å². The van der Waals surface area contributed by atoms with Crippen LogP contribution in [0.15, 0.2) is 127 Å². The Hall–Kier alpha value is -4.62. The van der Waals surface area contributed by atoms with E-state index in [1.807, 2.05) is 70.2 Å². The summed E-state index contributed by atoms with van der Waals surface area (Å²) in [6, 6.07) is 36.3. The third kappa shape index (κ3) is 12.7. The molecule has 0 unspecified atom stereocenters. The minimum absolute atomic E-state index is 0.0823. The quantitative estimate of drug-likeness (QED) is 0.0936. The summed E-state index contributed by atoms with van der Waals surface area (Å²) < 4.78 is 159. The summed E-state index contributed by atoms with van der Waals surface area (Å²) in [5.41, 5.74) is 1.39. The van der Waals surface area contributed by atoms with E-state index < -0.39 is 67.8 Å². The molecule has 16 heteroatoms. The number of halogens is 14. The maximum atomic E-state index is 13.2. The number of benzene rings is 6. The second-order valence-electron chi connectivity index (χ2n) is 17.2. The molecule has 1 aliphatic rings. The smallest absolute Gasteiger partial charge is 0.0920 e. The molecule has 0 N–H and O–H groups in total. The van der Waals surface area contributed by atoms with Crippen molar-refractivity contribution in [1.29, 1.82) is 0 Å². The van der Waals surface area contributed by atoms with E-state index in [-0.39, 0.29) is 35.1 Å². The topological polar surface area (TPSA) is 0 Å². The van der Waals surface area contributed by atoms with Crippen LogP contribution in [0.5, 0.6) is 0 Å². The zero-order valence-corrected chi connectivity index (χ0v) is 43.0. The number of hydrogen-bond acceptors (Lipinski definition) is 0. The van der Waals surface area contributed by atoms with Crippen LogP contribution >= 0.6 is 17.0 Å². The molecule has 0 saturated heterocycles. The zero-order chi connectivity index (χ0) is 51.7. The third-order valence-corrected chi connectivity index (χ3v) is 13.0. The zero-order valence-electron chi connectivity index (χ0n) is 38.1. The molecule has 2 radical (unpaired) electrons. The van der Waals surface area contributed by atoms with Gasteiger partial charge in [-0.25, -0.2) is 0 Å². The van der Waals surface area contributed by atoms with Crippen LogP contribution in [0.4, 0.5) is 52.7 Å². The van der Waals surface area contributed by atoms with Gasteiger partial charge in [-0.05, 0) is 73.2 Å².